The zero-order chi connectivity index (χ0) is 19.4. The second kappa shape index (κ2) is 9.43. The van der Waals surface area contributed by atoms with Gasteiger partial charge in [-0.3, -0.25) is 0 Å². The zero-order valence-corrected chi connectivity index (χ0v) is 17.9. The molecule has 2 bridgehead atoms. The van der Waals surface area contributed by atoms with Gasteiger partial charge in [0.2, 0.25) is 0 Å². The molecule has 0 saturated carbocycles. The molecular formula is C23H26BrN3O2. The second-order valence-corrected chi connectivity index (χ2v) is 7.95. The molecule has 1 N–H and O–H groups in total. The summed E-state index contributed by atoms with van der Waals surface area (Å²) < 4.78 is 6.83. The number of esters is 1. The molecule has 29 heavy (non-hydrogen) atoms. The van der Waals surface area contributed by atoms with Crippen molar-refractivity contribution < 1.29 is 31.0 Å². The van der Waals surface area contributed by atoms with Gasteiger partial charge in [0.25, 0.3) is 0 Å². The van der Waals surface area contributed by atoms with Crippen LogP contribution in [-0.2, 0) is 9.53 Å². The highest BCUT2D eigenvalue weighted by atomic mass is 79.9. The number of quaternary nitrogens is 1. The van der Waals surface area contributed by atoms with E-state index >= 15 is 0 Å². The Morgan fingerprint density at radius 1 is 1.10 bits per heavy atom. The van der Waals surface area contributed by atoms with E-state index in [9.17, 15) is 10.1 Å². The van der Waals surface area contributed by atoms with Crippen LogP contribution in [-0.4, -0.2) is 42.7 Å². The van der Waals surface area contributed by atoms with Crippen LogP contribution in [0.4, 0.5) is 5.69 Å². The number of halogens is 1. The lowest BCUT2D eigenvalue weighted by Crippen LogP contribution is -3.00. The summed E-state index contributed by atoms with van der Waals surface area (Å²) in [6.45, 7) is 3.31. The molecule has 152 valence electrons. The third-order valence-corrected chi connectivity index (χ3v) is 6.17. The number of carbonyl (C=O) groups is 1. The van der Waals surface area contributed by atoms with Gasteiger partial charge in [-0.2, -0.15) is 5.26 Å². The van der Waals surface area contributed by atoms with E-state index in [4.69, 9.17) is 4.74 Å². The number of hydrogen-bond acceptors (Lipinski definition) is 4. The fourth-order valence-corrected chi connectivity index (χ4v) is 4.57. The van der Waals surface area contributed by atoms with Crippen LogP contribution in [0.2, 0.25) is 0 Å². The Labute approximate surface area is 182 Å². The van der Waals surface area contributed by atoms with Crippen molar-refractivity contribution in [2.24, 2.45) is 5.92 Å². The smallest absolute Gasteiger partial charge is 0.333 e. The molecule has 0 aromatic heterocycles. The largest absolute Gasteiger partial charge is 1.00 e. The van der Waals surface area contributed by atoms with Gasteiger partial charge in [-0.15, -0.1) is 0 Å². The van der Waals surface area contributed by atoms with E-state index in [0.717, 1.165) is 48.2 Å². The summed E-state index contributed by atoms with van der Waals surface area (Å²) in [5.74, 6) is 0.166. The standard InChI is InChI=1S/C23H26N3O2.BrH/c24-13-16-26-14-11-18(12-15-26)21(17-26)28-23(27)22(19-7-3-1-4-8-19)25-20-9-5-2-6-10-20;/h1-10,18,21-22,25H,11-12,14-17H2;1H/q+1;/p-1/t18?,21-,22?,26?;/m0./s1. The lowest BCUT2D eigenvalue weighted by molar-refractivity contribution is -0.940. The summed E-state index contributed by atoms with van der Waals surface area (Å²) in [5, 5.41) is 12.5. The maximum Gasteiger partial charge on any atom is 0.333 e. The number of carbonyl (C=O) groups excluding carboxylic acids is 1. The number of para-hydroxylation sites is 1. The highest BCUT2D eigenvalue weighted by molar-refractivity contribution is 5.81. The van der Waals surface area contributed by atoms with Crippen LogP contribution >= 0.6 is 0 Å². The number of nitrogens with one attached hydrogen (secondary N) is 1. The van der Waals surface area contributed by atoms with Crippen molar-refractivity contribution in [1.82, 2.24) is 0 Å². The Morgan fingerprint density at radius 3 is 2.34 bits per heavy atom. The average molecular weight is 456 g/mol. The summed E-state index contributed by atoms with van der Waals surface area (Å²) in [6.07, 6.45) is 1.95. The predicted molar refractivity (Wildman–Crippen MR) is 107 cm³/mol. The SMILES string of the molecule is N#CC[N+]12CCC(CC1)[C@@H](OC(=O)C(Nc1ccccc1)c1ccccc1)C2.[Br-]. The molecule has 6 heteroatoms. The summed E-state index contributed by atoms with van der Waals surface area (Å²) in [7, 11) is 0. The molecule has 2 aromatic rings. The van der Waals surface area contributed by atoms with Gasteiger partial charge in [0.1, 0.15) is 12.6 Å². The zero-order valence-electron chi connectivity index (χ0n) is 16.3. The Morgan fingerprint density at radius 2 is 1.72 bits per heavy atom. The van der Waals surface area contributed by atoms with Crippen molar-refractivity contribution in [3.05, 3.63) is 66.2 Å². The summed E-state index contributed by atoms with van der Waals surface area (Å²) in [5.41, 5.74) is 1.77. The van der Waals surface area contributed by atoms with Crippen LogP contribution in [0.25, 0.3) is 0 Å². The molecule has 3 aliphatic heterocycles. The molecule has 3 heterocycles. The quantitative estimate of drug-likeness (QED) is 0.391. The van der Waals surface area contributed by atoms with Crippen LogP contribution in [0.5, 0.6) is 0 Å². The van der Waals surface area contributed by atoms with Gasteiger partial charge in [0.15, 0.2) is 18.7 Å². The molecule has 3 saturated heterocycles. The van der Waals surface area contributed by atoms with E-state index in [1.54, 1.807) is 0 Å². The Bertz CT molecular complexity index is 845. The number of ether oxygens (including phenoxy) is 1. The number of fused-ring (bicyclic) bond motifs is 3. The number of nitrogens with zero attached hydrogens (tertiary/aromatic N) is 2. The van der Waals surface area contributed by atoms with Crippen molar-refractivity contribution in [3.63, 3.8) is 0 Å². The van der Waals surface area contributed by atoms with E-state index in [-0.39, 0.29) is 29.1 Å². The van der Waals surface area contributed by atoms with E-state index < -0.39 is 6.04 Å². The minimum Gasteiger partial charge on any atom is -1.00 e. The molecule has 3 aliphatic rings. The molecule has 2 atom stereocenters. The third kappa shape index (κ3) is 4.80. The topological polar surface area (TPSA) is 62.1 Å². The molecule has 3 fully saturated rings. The first kappa shape index (κ1) is 21.4. The molecular weight excluding hydrogens is 430 g/mol. The van der Waals surface area contributed by atoms with Gasteiger partial charge < -0.3 is 31.5 Å². The lowest BCUT2D eigenvalue weighted by atomic mass is 9.83. The third-order valence-electron chi connectivity index (χ3n) is 6.17. The van der Waals surface area contributed by atoms with Gasteiger partial charge >= 0.3 is 5.97 Å². The molecule has 0 amide bonds. The van der Waals surface area contributed by atoms with E-state index in [1.165, 1.54) is 0 Å². The van der Waals surface area contributed by atoms with Gasteiger partial charge in [-0.25, -0.2) is 4.79 Å². The molecule has 0 radical (unpaired) electrons. The lowest BCUT2D eigenvalue weighted by Gasteiger charge is -2.50. The van der Waals surface area contributed by atoms with Crippen molar-refractivity contribution in [1.29, 1.82) is 5.26 Å². The molecule has 2 aromatic carbocycles. The van der Waals surface area contributed by atoms with Crippen LogP contribution in [0.1, 0.15) is 24.4 Å². The van der Waals surface area contributed by atoms with Gasteiger partial charge in [0, 0.05) is 24.4 Å². The maximum absolute atomic E-state index is 13.2. The molecule has 1 unspecified atom stereocenters. The molecule has 5 nitrogen and oxygen atoms in total. The number of hydrogen-bond donors (Lipinski definition) is 1. The number of benzene rings is 2. The van der Waals surface area contributed by atoms with Gasteiger partial charge in [-0.05, 0) is 17.7 Å². The van der Waals surface area contributed by atoms with Crippen molar-refractivity contribution in [2.75, 3.05) is 31.5 Å². The van der Waals surface area contributed by atoms with E-state index in [0.29, 0.717) is 12.5 Å². The van der Waals surface area contributed by atoms with Gasteiger partial charge in [0.05, 0.1) is 13.1 Å². The van der Waals surface area contributed by atoms with Gasteiger partial charge in [-0.1, -0.05) is 48.5 Å². The van der Waals surface area contributed by atoms with Crippen LogP contribution in [0.3, 0.4) is 0 Å². The highest BCUT2D eigenvalue weighted by Gasteiger charge is 2.48. The first-order chi connectivity index (χ1) is 13.7. The van der Waals surface area contributed by atoms with Crippen LogP contribution in [0, 0.1) is 17.2 Å². The van der Waals surface area contributed by atoms with Crippen LogP contribution < -0.4 is 22.3 Å². The predicted octanol–water partition coefficient (Wildman–Crippen LogP) is 0.520. The molecule has 0 aliphatic carbocycles. The second-order valence-electron chi connectivity index (χ2n) is 7.95. The maximum atomic E-state index is 13.2. The average Bonchev–Trinajstić information content (AvgIpc) is 2.74. The van der Waals surface area contributed by atoms with E-state index in [2.05, 4.69) is 11.4 Å². The van der Waals surface area contributed by atoms with Crippen molar-refractivity contribution >= 4 is 11.7 Å². The number of piperidine rings is 3. The van der Waals surface area contributed by atoms with Crippen LogP contribution in [0.15, 0.2) is 60.7 Å². The normalized spacial score (nSPS) is 25.9. The monoisotopic (exact) mass is 455 g/mol. The highest BCUT2D eigenvalue weighted by Crippen LogP contribution is 2.36. The fourth-order valence-electron chi connectivity index (χ4n) is 4.57. The first-order valence-corrected chi connectivity index (χ1v) is 9.98. The summed E-state index contributed by atoms with van der Waals surface area (Å²) >= 11 is 0. The Hall–Kier alpha value is -2.36. The summed E-state index contributed by atoms with van der Waals surface area (Å²) in [4.78, 5) is 13.2. The number of nitriles is 1. The molecule has 0 spiro atoms. The Balaban J connectivity index is 0.00000240. The summed E-state index contributed by atoms with van der Waals surface area (Å²) in [6, 6.07) is 21.2. The molecule has 5 rings (SSSR count). The fraction of sp³-hybridized carbons (Fsp3) is 0.391. The van der Waals surface area contributed by atoms with Crippen molar-refractivity contribution in [2.45, 2.75) is 25.0 Å². The minimum absolute atomic E-state index is 0. The van der Waals surface area contributed by atoms with Crippen molar-refractivity contribution in [3.8, 4) is 6.07 Å². The van der Waals surface area contributed by atoms with E-state index in [1.807, 2.05) is 60.7 Å². The number of anilines is 1. The first-order valence-electron chi connectivity index (χ1n) is 9.98. The minimum atomic E-state index is -0.552. The Kier molecular flexibility index (Phi) is 6.94. The number of rotatable bonds is 6.